The van der Waals surface area contributed by atoms with Gasteiger partial charge in [-0.05, 0) is 6.42 Å². The van der Waals surface area contributed by atoms with E-state index < -0.39 is 59.6 Å². The van der Waals surface area contributed by atoms with Crippen LogP contribution in [0.15, 0.2) is 0 Å². The minimum Gasteiger partial charge on any atom is -0.299 e. The number of ketones is 1. The summed E-state index contributed by atoms with van der Waals surface area (Å²) in [4.78, 5) is 11.2. The van der Waals surface area contributed by atoms with Crippen molar-refractivity contribution in [2.24, 2.45) is 11.8 Å². The van der Waals surface area contributed by atoms with Gasteiger partial charge in [0, 0.05) is 12.3 Å². The van der Waals surface area contributed by atoms with Crippen LogP contribution in [0.3, 0.4) is 0 Å². The number of halogens is 8. The smallest absolute Gasteiger partial charge is 0.299 e. The summed E-state index contributed by atoms with van der Waals surface area (Å²) in [7, 11) is 0. The van der Waals surface area contributed by atoms with E-state index in [1.165, 1.54) is 0 Å². The topological polar surface area (TPSA) is 17.1 Å². The van der Waals surface area contributed by atoms with E-state index in [9.17, 15) is 39.9 Å². The van der Waals surface area contributed by atoms with Crippen LogP contribution in [0.1, 0.15) is 12.8 Å². The maximum atomic E-state index is 14.3. The molecule has 4 atom stereocenters. The standard InChI is InChI=1S/C10H6F8O/c11-6-3-1-4(5(19)2-3)7(6,12)9(15,16)10(17,18)8(6,13)14/h3-4H,1-2H2. The molecule has 4 unspecified atom stereocenters. The number of rotatable bonds is 0. The molecule has 0 aromatic carbocycles. The third kappa shape index (κ3) is 0.842. The summed E-state index contributed by atoms with van der Waals surface area (Å²) in [6.45, 7) is 0. The van der Waals surface area contributed by atoms with Crippen LogP contribution in [0.25, 0.3) is 0 Å². The minimum absolute atomic E-state index is 0.896. The number of Topliss-reactive ketones (excluding diaryl/α,β-unsaturated/α-hetero) is 1. The highest BCUT2D eigenvalue weighted by molar-refractivity contribution is 5.88. The van der Waals surface area contributed by atoms with Crippen molar-refractivity contribution < 1.29 is 39.9 Å². The lowest BCUT2D eigenvalue weighted by atomic mass is 9.74. The van der Waals surface area contributed by atoms with E-state index >= 15 is 0 Å². The monoisotopic (exact) mass is 294 g/mol. The number of hydrogen-bond acceptors (Lipinski definition) is 1. The second kappa shape index (κ2) is 2.76. The Hall–Kier alpha value is -0.890. The molecule has 3 aliphatic carbocycles. The van der Waals surface area contributed by atoms with Crippen molar-refractivity contribution in [1.29, 1.82) is 0 Å². The molecule has 0 aromatic heterocycles. The summed E-state index contributed by atoms with van der Waals surface area (Å²) < 4.78 is 109. The molecule has 108 valence electrons. The average Bonchev–Trinajstić information content (AvgIpc) is 2.77. The fourth-order valence-corrected chi connectivity index (χ4v) is 3.71. The number of carbonyl (C=O) groups excluding carboxylic acids is 1. The molecule has 3 fully saturated rings. The maximum absolute atomic E-state index is 14.3. The maximum Gasteiger partial charge on any atom is 0.378 e. The van der Waals surface area contributed by atoms with Crippen molar-refractivity contribution in [2.75, 3.05) is 0 Å². The molecule has 0 saturated heterocycles. The number of hydrogen-bond donors (Lipinski definition) is 0. The van der Waals surface area contributed by atoms with Crippen LogP contribution in [0.4, 0.5) is 35.1 Å². The highest BCUT2D eigenvalue weighted by atomic mass is 19.4. The predicted octanol–water partition coefficient (Wildman–Crippen LogP) is 2.93. The van der Waals surface area contributed by atoms with Crippen LogP contribution in [-0.2, 0) is 4.79 Å². The quantitative estimate of drug-likeness (QED) is 0.628. The second-order valence-corrected chi connectivity index (χ2v) is 5.30. The van der Waals surface area contributed by atoms with Crippen molar-refractivity contribution in [3.05, 3.63) is 0 Å². The van der Waals surface area contributed by atoms with Gasteiger partial charge in [-0.3, -0.25) is 4.79 Å². The summed E-state index contributed by atoms with van der Waals surface area (Å²) in [6.07, 6.45) is -1.82. The summed E-state index contributed by atoms with van der Waals surface area (Å²) in [6, 6.07) is 0. The highest BCUT2D eigenvalue weighted by Gasteiger charge is 3.04. The molecule has 0 aromatic rings. The van der Waals surface area contributed by atoms with E-state index in [-0.39, 0.29) is 0 Å². The number of carbonyl (C=O) groups is 1. The van der Waals surface area contributed by atoms with Crippen molar-refractivity contribution in [2.45, 2.75) is 41.9 Å². The first-order chi connectivity index (χ1) is 8.37. The Bertz CT molecular complexity index is 488. The van der Waals surface area contributed by atoms with E-state index in [1.807, 2.05) is 0 Å². The van der Waals surface area contributed by atoms with Gasteiger partial charge in [0.05, 0.1) is 5.92 Å². The first-order valence-electron chi connectivity index (χ1n) is 5.41. The van der Waals surface area contributed by atoms with Gasteiger partial charge in [0.25, 0.3) is 0 Å². The molecule has 3 rings (SSSR count). The van der Waals surface area contributed by atoms with Crippen LogP contribution >= 0.6 is 0 Å². The van der Waals surface area contributed by atoms with Gasteiger partial charge in [-0.2, -0.15) is 26.3 Å². The van der Waals surface area contributed by atoms with E-state index in [0.29, 0.717) is 0 Å². The van der Waals surface area contributed by atoms with Crippen molar-refractivity contribution >= 4 is 5.78 Å². The SMILES string of the molecule is O=C1CC2CC1C1(F)C(F)(F)C(F)(F)C(F)(F)C21F. The predicted molar refractivity (Wildman–Crippen MR) is 43.7 cm³/mol. The van der Waals surface area contributed by atoms with E-state index in [0.717, 1.165) is 0 Å². The average molecular weight is 294 g/mol. The number of alkyl halides is 8. The molecule has 3 aliphatic rings. The van der Waals surface area contributed by atoms with Gasteiger partial charge in [-0.25, -0.2) is 8.78 Å². The second-order valence-electron chi connectivity index (χ2n) is 5.30. The normalized spacial score (nSPS) is 52.5. The molecule has 19 heavy (non-hydrogen) atoms. The van der Waals surface area contributed by atoms with Gasteiger partial charge in [0.15, 0.2) is 0 Å². The first-order valence-corrected chi connectivity index (χ1v) is 5.41. The largest absolute Gasteiger partial charge is 0.378 e. The van der Waals surface area contributed by atoms with Crippen LogP contribution in [0, 0.1) is 11.8 Å². The van der Waals surface area contributed by atoms with Gasteiger partial charge < -0.3 is 0 Å². The Morgan fingerprint density at radius 2 is 1.26 bits per heavy atom. The third-order valence-corrected chi connectivity index (χ3v) is 4.63. The first kappa shape index (κ1) is 13.1. The zero-order valence-corrected chi connectivity index (χ0v) is 9.00. The van der Waals surface area contributed by atoms with Crippen LogP contribution < -0.4 is 0 Å². The Morgan fingerprint density at radius 3 is 1.79 bits per heavy atom. The fourth-order valence-electron chi connectivity index (χ4n) is 3.71. The molecule has 0 aliphatic heterocycles. The zero-order chi connectivity index (χ0) is 14.6. The van der Waals surface area contributed by atoms with Crippen LogP contribution in [0.2, 0.25) is 0 Å². The molecule has 2 bridgehead atoms. The molecule has 0 radical (unpaired) electrons. The Kier molecular flexibility index (Phi) is 1.90. The zero-order valence-electron chi connectivity index (χ0n) is 9.00. The van der Waals surface area contributed by atoms with Gasteiger partial charge in [-0.15, -0.1) is 0 Å². The lowest BCUT2D eigenvalue weighted by Gasteiger charge is -2.38. The molecular weight excluding hydrogens is 288 g/mol. The van der Waals surface area contributed by atoms with Gasteiger partial charge in [0.2, 0.25) is 11.3 Å². The lowest BCUT2D eigenvalue weighted by Crippen LogP contribution is -2.62. The third-order valence-electron chi connectivity index (χ3n) is 4.63. The van der Waals surface area contributed by atoms with Gasteiger partial charge in [-0.1, -0.05) is 0 Å². The van der Waals surface area contributed by atoms with Gasteiger partial charge in [0.1, 0.15) is 5.78 Å². The van der Waals surface area contributed by atoms with E-state index in [1.54, 1.807) is 0 Å². The molecule has 9 heteroatoms. The van der Waals surface area contributed by atoms with Crippen LogP contribution in [0.5, 0.6) is 0 Å². The highest BCUT2D eigenvalue weighted by Crippen LogP contribution is 2.78. The molecule has 0 spiro atoms. The van der Waals surface area contributed by atoms with Gasteiger partial charge >= 0.3 is 17.8 Å². The fraction of sp³-hybridized carbons (Fsp3) is 0.900. The van der Waals surface area contributed by atoms with Crippen molar-refractivity contribution in [3.8, 4) is 0 Å². The summed E-state index contributed by atoms with van der Waals surface area (Å²) in [5.74, 6) is -23.8. The molecule has 1 nitrogen and oxygen atoms in total. The number of fused-ring (bicyclic) bond motifs is 5. The van der Waals surface area contributed by atoms with Crippen LogP contribution in [-0.4, -0.2) is 34.9 Å². The lowest BCUT2D eigenvalue weighted by molar-refractivity contribution is -0.297. The minimum atomic E-state index is -6.18. The molecule has 0 N–H and O–H groups in total. The summed E-state index contributed by atoms with van der Waals surface area (Å²) >= 11 is 0. The Morgan fingerprint density at radius 1 is 0.789 bits per heavy atom. The van der Waals surface area contributed by atoms with E-state index in [4.69, 9.17) is 0 Å². The van der Waals surface area contributed by atoms with Crippen molar-refractivity contribution in [1.82, 2.24) is 0 Å². The summed E-state index contributed by atoms with van der Waals surface area (Å²) in [5.41, 5.74) is -9.57. The molecule has 3 saturated carbocycles. The molecular formula is C10H6F8O. The molecule has 0 amide bonds. The Balaban J connectivity index is 2.34. The van der Waals surface area contributed by atoms with E-state index in [2.05, 4.69) is 0 Å². The molecule has 0 heterocycles. The Labute approximate surface area is 100 Å². The van der Waals surface area contributed by atoms with Crippen molar-refractivity contribution in [3.63, 3.8) is 0 Å². The summed E-state index contributed by atoms with van der Waals surface area (Å²) in [5, 5.41) is 0.